The van der Waals surface area contributed by atoms with Crippen molar-refractivity contribution in [2.45, 2.75) is 46.6 Å². The molecule has 0 bridgehead atoms. The molecule has 2 N–H and O–H groups in total. The fraction of sp³-hybridized carbons (Fsp3) is 0.304. The van der Waals surface area contributed by atoms with Crippen LogP contribution in [-0.4, -0.2) is 16.9 Å². The first-order valence-corrected chi connectivity index (χ1v) is 10.4. The lowest BCUT2D eigenvalue weighted by Gasteiger charge is -2.13. The maximum Gasteiger partial charge on any atom is 0.263 e. The third-order valence-corrected chi connectivity index (χ3v) is 5.78. The summed E-state index contributed by atoms with van der Waals surface area (Å²) < 4.78 is 0. The van der Waals surface area contributed by atoms with E-state index in [-0.39, 0.29) is 11.9 Å². The van der Waals surface area contributed by atoms with Gasteiger partial charge in [-0.2, -0.15) is 0 Å². The first-order valence-electron chi connectivity index (χ1n) is 9.59. The number of aryl methyl sites for hydroxylation is 4. The normalized spacial score (nSPS) is 11.9. The first kappa shape index (κ1) is 20.1. The Morgan fingerprint density at radius 1 is 1.11 bits per heavy atom. The number of nitrogens with one attached hydrogen (secondary N) is 2. The molecule has 1 amide bonds. The molecule has 3 rings (SSSR count). The van der Waals surface area contributed by atoms with E-state index in [2.05, 4.69) is 53.7 Å². The molecule has 1 atom stereocenters. The molecule has 1 heterocycles. The van der Waals surface area contributed by atoms with Crippen molar-refractivity contribution in [2.24, 2.45) is 0 Å². The van der Waals surface area contributed by atoms with Crippen molar-refractivity contribution in [1.82, 2.24) is 10.3 Å². The SMILES string of the molecule is Cc1ccc(Nc2nc(C)c(C(=O)NC(C)CCc3ccccc3)s2)c(C)c1. The monoisotopic (exact) mass is 393 g/mol. The first-order chi connectivity index (χ1) is 13.4. The van der Waals surface area contributed by atoms with Gasteiger partial charge in [-0.3, -0.25) is 4.79 Å². The van der Waals surface area contributed by atoms with Gasteiger partial charge in [0.05, 0.1) is 5.69 Å². The lowest BCUT2D eigenvalue weighted by atomic mass is 10.1. The van der Waals surface area contributed by atoms with Gasteiger partial charge in [-0.1, -0.05) is 59.4 Å². The van der Waals surface area contributed by atoms with Gasteiger partial charge in [-0.25, -0.2) is 4.98 Å². The number of amides is 1. The molecule has 0 saturated heterocycles. The molecular formula is C23H27N3OS. The number of anilines is 2. The molecular weight excluding hydrogens is 366 g/mol. The van der Waals surface area contributed by atoms with Gasteiger partial charge in [0, 0.05) is 11.7 Å². The van der Waals surface area contributed by atoms with Crippen molar-refractivity contribution in [3.05, 3.63) is 75.8 Å². The van der Waals surface area contributed by atoms with Crippen LogP contribution in [0.1, 0.15) is 45.4 Å². The summed E-state index contributed by atoms with van der Waals surface area (Å²) in [6, 6.07) is 16.7. The average molecular weight is 394 g/mol. The molecule has 0 aliphatic rings. The van der Waals surface area contributed by atoms with Crippen LogP contribution in [0.5, 0.6) is 0 Å². The van der Waals surface area contributed by atoms with E-state index in [1.807, 2.05) is 38.1 Å². The highest BCUT2D eigenvalue weighted by Gasteiger charge is 2.17. The molecule has 0 radical (unpaired) electrons. The molecule has 0 aliphatic heterocycles. The van der Waals surface area contributed by atoms with Crippen LogP contribution in [0.4, 0.5) is 10.8 Å². The fourth-order valence-corrected chi connectivity index (χ4v) is 4.00. The lowest BCUT2D eigenvalue weighted by molar-refractivity contribution is 0.0941. The van der Waals surface area contributed by atoms with Gasteiger partial charge in [-0.15, -0.1) is 0 Å². The summed E-state index contributed by atoms with van der Waals surface area (Å²) in [5.74, 6) is -0.0516. The van der Waals surface area contributed by atoms with E-state index in [1.54, 1.807) is 0 Å². The van der Waals surface area contributed by atoms with Gasteiger partial charge in [0.1, 0.15) is 4.88 Å². The highest BCUT2D eigenvalue weighted by Crippen LogP contribution is 2.27. The number of rotatable bonds is 7. The van der Waals surface area contributed by atoms with Crippen LogP contribution in [0, 0.1) is 20.8 Å². The zero-order valence-corrected chi connectivity index (χ0v) is 17.7. The molecule has 2 aromatic carbocycles. The summed E-state index contributed by atoms with van der Waals surface area (Å²) in [7, 11) is 0. The predicted octanol–water partition coefficient (Wildman–Crippen LogP) is 5.56. The van der Waals surface area contributed by atoms with Crippen LogP contribution < -0.4 is 10.6 Å². The molecule has 0 aliphatic carbocycles. The molecule has 5 heteroatoms. The van der Waals surface area contributed by atoms with Gasteiger partial charge in [0.2, 0.25) is 0 Å². The van der Waals surface area contributed by atoms with Crippen LogP contribution in [0.2, 0.25) is 0 Å². The lowest BCUT2D eigenvalue weighted by Crippen LogP contribution is -2.32. The number of hydrogen-bond donors (Lipinski definition) is 2. The summed E-state index contributed by atoms with van der Waals surface area (Å²) in [5.41, 5.74) is 5.45. The minimum absolute atomic E-state index is 0.0516. The zero-order chi connectivity index (χ0) is 20.1. The number of carbonyl (C=O) groups excluding carboxylic acids is 1. The number of carbonyl (C=O) groups is 1. The second kappa shape index (κ2) is 9.02. The van der Waals surface area contributed by atoms with Gasteiger partial charge in [0.15, 0.2) is 5.13 Å². The Kier molecular flexibility index (Phi) is 6.47. The van der Waals surface area contributed by atoms with Crippen molar-refractivity contribution < 1.29 is 4.79 Å². The standard InChI is InChI=1S/C23H27N3OS/c1-15-10-13-20(16(2)14-15)26-23-25-18(4)21(28-23)22(27)24-17(3)11-12-19-8-6-5-7-9-19/h5-10,13-14,17H,11-12H2,1-4H3,(H,24,27)(H,25,26). The summed E-state index contributed by atoms with van der Waals surface area (Å²) in [6.07, 6.45) is 1.85. The Bertz CT molecular complexity index is 950. The summed E-state index contributed by atoms with van der Waals surface area (Å²) in [5, 5.41) is 7.19. The van der Waals surface area contributed by atoms with Crippen molar-refractivity contribution >= 4 is 28.1 Å². The number of nitrogens with zero attached hydrogens (tertiary/aromatic N) is 1. The zero-order valence-electron chi connectivity index (χ0n) is 16.9. The van der Waals surface area contributed by atoms with Crippen LogP contribution in [0.3, 0.4) is 0 Å². The summed E-state index contributed by atoms with van der Waals surface area (Å²) in [6.45, 7) is 8.07. The number of aromatic nitrogens is 1. The van der Waals surface area contributed by atoms with Crippen molar-refractivity contribution in [1.29, 1.82) is 0 Å². The maximum atomic E-state index is 12.7. The van der Waals surface area contributed by atoms with Crippen LogP contribution in [-0.2, 0) is 6.42 Å². The molecule has 146 valence electrons. The largest absolute Gasteiger partial charge is 0.349 e. The number of thiazole rings is 1. The Hall–Kier alpha value is -2.66. The Morgan fingerprint density at radius 2 is 1.86 bits per heavy atom. The van der Waals surface area contributed by atoms with Gasteiger partial charge < -0.3 is 10.6 Å². The predicted molar refractivity (Wildman–Crippen MR) is 118 cm³/mol. The van der Waals surface area contributed by atoms with E-state index in [0.717, 1.165) is 34.9 Å². The van der Waals surface area contributed by atoms with Gasteiger partial charge in [-0.05, 0) is 57.7 Å². The quantitative estimate of drug-likeness (QED) is 0.552. The van der Waals surface area contributed by atoms with E-state index in [1.165, 1.54) is 22.5 Å². The van der Waals surface area contributed by atoms with Crippen molar-refractivity contribution in [3.63, 3.8) is 0 Å². The van der Waals surface area contributed by atoms with Crippen LogP contribution >= 0.6 is 11.3 Å². The molecule has 1 aromatic heterocycles. The maximum absolute atomic E-state index is 12.7. The van der Waals surface area contributed by atoms with Crippen LogP contribution in [0.25, 0.3) is 0 Å². The summed E-state index contributed by atoms with van der Waals surface area (Å²) >= 11 is 1.40. The van der Waals surface area contributed by atoms with Crippen molar-refractivity contribution in [2.75, 3.05) is 5.32 Å². The molecule has 0 fully saturated rings. The molecule has 3 aromatic rings. The highest BCUT2D eigenvalue weighted by atomic mass is 32.1. The van der Waals surface area contributed by atoms with Gasteiger partial charge in [0.25, 0.3) is 5.91 Å². The van der Waals surface area contributed by atoms with E-state index >= 15 is 0 Å². The minimum Gasteiger partial charge on any atom is -0.349 e. The average Bonchev–Trinajstić information content (AvgIpc) is 3.03. The van der Waals surface area contributed by atoms with Crippen molar-refractivity contribution in [3.8, 4) is 0 Å². The Labute approximate surface area is 171 Å². The second-order valence-electron chi connectivity index (χ2n) is 7.28. The Morgan fingerprint density at radius 3 is 2.57 bits per heavy atom. The fourth-order valence-electron chi connectivity index (χ4n) is 3.12. The molecule has 0 saturated carbocycles. The topological polar surface area (TPSA) is 54.0 Å². The Balaban J connectivity index is 1.60. The third-order valence-electron chi connectivity index (χ3n) is 4.71. The van der Waals surface area contributed by atoms with E-state index in [4.69, 9.17) is 0 Å². The molecule has 28 heavy (non-hydrogen) atoms. The molecule has 1 unspecified atom stereocenters. The second-order valence-corrected chi connectivity index (χ2v) is 8.27. The third kappa shape index (κ3) is 5.20. The summed E-state index contributed by atoms with van der Waals surface area (Å²) in [4.78, 5) is 17.9. The molecule has 4 nitrogen and oxygen atoms in total. The van der Waals surface area contributed by atoms with E-state index in [9.17, 15) is 4.79 Å². The highest BCUT2D eigenvalue weighted by molar-refractivity contribution is 7.17. The molecule has 0 spiro atoms. The van der Waals surface area contributed by atoms with Gasteiger partial charge >= 0.3 is 0 Å². The number of benzene rings is 2. The van der Waals surface area contributed by atoms with E-state index in [0.29, 0.717) is 4.88 Å². The minimum atomic E-state index is -0.0516. The smallest absolute Gasteiger partial charge is 0.263 e. The number of hydrogen-bond acceptors (Lipinski definition) is 4. The van der Waals surface area contributed by atoms with Crippen LogP contribution in [0.15, 0.2) is 48.5 Å². The van der Waals surface area contributed by atoms with E-state index < -0.39 is 0 Å².